The van der Waals surface area contributed by atoms with Gasteiger partial charge in [0.15, 0.2) is 0 Å². The Labute approximate surface area is 97.5 Å². The van der Waals surface area contributed by atoms with Gasteiger partial charge in [-0.25, -0.2) is 0 Å². The van der Waals surface area contributed by atoms with Crippen LogP contribution in [0.1, 0.15) is 56.3 Å². The molecule has 0 bridgehead atoms. The Bertz CT molecular complexity index is 369. The predicted octanol–water partition coefficient (Wildman–Crippen LogP) is 3.23. The normalized spacial score (nSPS) is 18.5. The molecule has 1 aromatic rings. The lowest BCUT2D eigenvalue weighted by Crippen LogP contribution is -2.21. The minimum atomic E-state index is -0.368. The first-order chi connectivity index (χ1) is 7.61. The van der Waals surface area contributed by atoms with E-state index in [0.717, 1.165) is 29.7 Å². The van der Waals surface area contributed by atoms with Crippen LogP contribution in [-0.4, -0.2) is 5.11 Å². The molecule has 3 N–H and O–H groups in total. The summed E-state index contributed by atoms with van der Waals surface area (Å²) in [6.07, 6.45) is 3.14. The summed E-state index contributed by atoms with van der Waals surface area (Å²) in [6, 6.07) is 6.02. The van der Waals surface area contributed by atoms with Crippen LogP contribution in [0.5, 0.6) is 0 Å². The van der Waals surface area contributed by atoms with Crippen molar-refractivity contribution in [2.75, 3.05) is 5.73 Å². The highest BCUT2D eigenvalue weighted by Gasteiger charge is 2.28. The molecule has 1 saturated carbocycles. The van der Waals surface area contributed by atoms with E-state index in [-0.39, 0.29) is 6.10 Å². The summed E-state index contributed by atoms with van der Waals surface area (Å²) >= 11 is 0. The quantitative estimate of drug-likeness (QED) is 0.767. The summed E-state index contributed by atoms with van der Waals surface area (Å²) in [5.41, 5.74) is 9.01. The van der Waals surface area contributed by atoms with Crippen LogP contribution in [0.4, 0.5) is 5.69 Å². The number of aliphatic hydroxyl groups excluding tert-OH is 1. The van der Waals surface area contributed by atoms with Crippen molar-refractivity contribution in [2.45, 2.75) is 45.1 Å². The van der Waals surface area contributed by atoms with Gasteiger partial charge < -0.3 is 10.8 Å². The van der Waals surface area contributed by atoms with E-state index in [4.69, 9.17) is 5.73 Å². The van der Waals surface area contributed by atoms with Gasteiger partial charge >= 0.3 is 0 Å². The Balaban J connectivity index is 2.29. The maximum Gasteiger partial charge on any atom is 0.0838 e. The van der Waals surface area contributed by atoms with Gasteiger partial charge in [-0.05, 0) is 30.2 Å². The predicted molar refractivity (Wildman–Crippen MR) is 67.2 cm³/mol. The third kappa shape index (κ3) is 1.94. The Morgan fingerprint density at radius 2 is 1.88 bits per heavy atom. The summed E-state index contributed by atoms with van der Waals surface area (Å²) in [5.74, 6) is 0.832. The van der Waals surface area contributed by atoms with Crippen molar-refractivity contribution in [1.82, 2.24) is 0 Å². The maximum absolute atomic E-state index is 10.2. The number of nitrogen functional groups attached to an aromatic ring is 1. The van der Waals surface area contributed by atoms with E-state index in [2.05, 4.69) is 19.9 Å². The van der Waals surface area contributed by atoms with Crippen LogP contribution in [0.3, 0.4) is 0 Å². The number of para-hydroxylation sites is 1. The van der Waals surface area contributed by atoms with Crippen molar-refractivity contribution in [2.24, 2.45) is 5.92 Å². The molecular weight excluding hydrogens is 198 g/mol. The van der Waals surface area contributed by atoms with Gasteiger partial charge in [0.1, 0.15) is 0 Å². The van der Waals surface area contributed by atoms with Crippen LogP contribution in [-0.2, 0) is 0 Å². The maximum atomic E-state index is 10.2. The average Bonchev–Trinajstić information content (AvgIpc) is 2.14. The average molecular weight is 219 g/mol. The fourth-order valence-electron chi connectivity index (χ4n) is 2.37. The van der Waals surface area contributed by atoms with Crippen molar-refractivity contribution >= 4 is 5.69 Å². The van der Waals surface area contributed by atoms with Crippen LogP contribution in [0.15, 0.2) is 18.2 Å². The smallest absolute Gasteiger partial charge is 0.0838 e. The number of rotatable bonds is 3. The molecule has 1 aromatic carbocycles. The molecule has 1 unspecified atom stereocenters. The van der Waals surface area contributed by atoms with Gasteiger partial charge in [-0.15, -0.1) is 0 Å². The second-order valence-electron chi connectivity index (χ2n) is 5.14. The molecule has 88 valence electrons. The van der Waals surface area contributed by atoms with Crippen LogP contribution < -0.4 is 5.73 Å². The number of hydrogen-bond acceptors (Lipinski definition) is 2. The molecule has 1 atom stereocenters. The number of nitrogens with two attached hydrogens (primary N) is 1. The van der Waals surface area contributed by atoms with E-state index in [1.807, 2.05) is 12.1 Å². The Hall–Kier alpha value is -1.02. The summed E-state index contributed by atoms with van der Waals surface area (Å²) in [4.78, 5) is 0. The molecule has 0 saturated heterocycles. The van der Waals surface area contributed by atoms with E-state index in [1.165, 1.54) is 6.42 Å². The largest absolute Gasteiger partial charge is 0.398 e. The lowest BCUT2D eigenvalue weighted by Gasteiger charge is -2.31. The van der Waals surface area contributed by atoms with E-state index in [0.29, 0.717) is 11.8 Å². The van der Waals surface area contributed by atoms with Crippen LogP contribution in [0, 0.1) is 5.92 Å². The monoisotopic (exact) mass is 219 g/mol. The minimum absolute atomic E-state index is 0.368. The standard InChI is InChI=1S/C14H21NO/c1-9(2)11-7-4-8-12(13(11)15)14(16)10-5-3-6-10/h4,7-10,14,16H,3,5-6,15H2,1-2H3. The molecule has 0 amide bonds. The van der Waals surface area contributed by atoms with Gasteiger partial charge in [0.2, 0.25) is 0 Å². The molecular formula is C14H21NO. The van der Waals surface area contributed by atoms with E-state index in [9.17, 15) is 5.11 Å². The first-order valence-electron chi connectivity index (χ1n) is 6.17. The van der Waals surface area contributed by atoms with Crippen LogP contribution in [0.2, 0.25) is 0 Å². The molecule has 2 nitrogen and oxygen atoms in total. The molecule has 16 heavy (non-hydrogen) atoms. The number of aliphatic hydroxyl groups is 1. The zero-order chi connectivity index (χ0) is 11.7. The Kier molecular flexibility index (Phi) is 3.20. The molecule has 2 heteroatoms. The molecule has 0 heterocycles. The first-order valence-corrected chi connectivity index (χ1v) is 6.17. The van der Waals surface area contributed by atoms with Gasteiger partial charge in [-0.2, -0.15) is 0 Å². The number of anilines is 1. The van der Waals surface area contributed by atoms with Crippen molar-refractivity contribution in [3.63, 3.8) is 0 Å². The lowest BCUT2D eigenvalue weighted by atomic mass is 9.78. The Morgan fingerprint density at radius 1 is 1.25 bits per heavy atom. The summed E-state index contributed by atoms with van der Waals surface area (Å²) in [6.45, 7) is 4.26. The summed E-state index contributed by atoms with van der Waals surface area (Å²) in [7, 11) is 0. The zero-order valence-corrected chi connectivity index (χ0v) is 10.1. The fraction of sp³-hybridized carbons (Fsp3) is 0.571. The Morgan fingerprint density at radius 3 is 2.38 bits per heavy atom. The van der Waals surface area contributed by atoms with Crippen LogP contribution in [0.25, 0.3) is 0 Å². The fourth-order valence-corrected chi connectivity index (χ4v) is 2.37. The van der Waals surface area contributed by atoms with E-state index in [1.54, 1.807) is 0 Å². The third-order valence-corrected chi connectivity index (χ3v) is 3.71. The molecule has 2 rings (SSSR count). The molecule has 0 aliphatic heterocycles. The second-order valence-corrected chi connectivity index (χ2v) is 5.14. The van der Waals surface area contributed by atoms with Gasteiger partial charge in [-0.1, -0.05) is 38.5 Å². The van der Waals surface area contributed by atoms with E-state index < -0.39 is 0 Å². The van der Waals surface area contributed by atoms with Gasteiger partial charge in [0.25, 0.3) is 0 Å². The SMILES string of the molecule is CC(C)c1cccc(C(O)C2CCC2)c1N. The van der Waals surface area contributed by atoms with E-state index >= 15 is 0 Å². The molecule has 0 radical (unpaired) electrons. The summed E-state index contributed by atoms with van der Waals surface area (Å²) < 4.78 is 0. The second kappa shape index (κ2) is 4.46. The highest BCUT2D eigenvalue weighted by atomic mass is 16.3. The van der Waals surface area contributed by atoms with Crippen molar-refractivity contribution < 1.29 is 5.11 Å². The van der Waals surface area contributed by atoms with Gasteiger partial charge in [0.05, 0.1) is 6.10 Å². The molecule has 0 aromatic heterocycles. The highest BCUT2D eigenvalue weighted by molar-refractivity contribution is 5.56. The van der Waals surface area contributed by atoms with Crippen LogP contribution >= 0.6 is 0 Å². The molecule has 1 fully saturated rings. The lowest BCUT2D eigenvalue weighted by molar-refractivity contribution is 0.0626. The first kappa shape index (κ1) is 11.5. The van der Waals surface area contributed by atoms with Crippen molar-refractivity contribution in [3.8, 4) is 0 Å². The zero-order valence-electron chi connectivity index (χ0n) is 10.1. The minimum Gasteiger partial charge on any atom is -0.398 e. The third-order valence-electron chi connectivity index (χ3n) is 3.71. The molecule has 0 spiro atoms. The number of benzene rings is 1. The molecule has 1 aliphatic carbocycles. The number of hydrogen-bond donors (Lipinski definition) is 2. The highest BCUT2D eigenvalue weighted by Crippen LogP contribution is 2.40. The summed E-state index contributed by atoms with van der Waals surface area (Å²) in [5, 5.41) is 10.2. The topological polar surface area (TPSA) is 46.2 Å². The van der Waals surface area contributed by atoms with Crippen molar-refractivity contribution in [3.05, 3.63) is 29.3 Å². The molecule has 1 aliphatic rings. The van der Waals surface area contributed by atoms with Gasteiger partial charge in [-0.3, -0.25) is 0 Å². The van der Waals surface area contributed by atoms with Gasteiger partial charge in [0, 0.05) is 11.3 Å². The van der Waals surface area contributed by atoms with Crippen molar-refractivity contribution in [1.29, 1.82) is 0 Å².